The maximum Gasteiger partial charge on any atom is 0.326 e. The van der Waals surface area contributed by atoms with Gasteiger partial charge in [-0.2, -0.15) is 0 Å². The van der Waals surface area contributed by atoms with Crippen LogP contribution >= 0.6 is 0 Å². The van der Waals surface area contributed by atoms with E-state index in [1.165, 1.54) is 13.8 Å². The van der Waals surface area contributed by atoms with E-state index in [-0.39, 0.29) is 19.3 Å². The van der Waals surface area contributed by atoms with Crippen LogP contribution in [0.5, 0.6) is 0 Å². The minimum absolute atomic E-state index is 0.171. The number of aliphatic hydroxyl groups excluding tert-OH is 1. The number of para-hydroxylation sites is 1. The highest BCUT2D eigenvalue weighted by Crippen LogP contribution is 2.18. The van der Waals surface area contributed by atoms with Gasteiger partial charge in [0.2, 0.25) is 23.6 Å². The molecule has 5 atom stereocenters. The fraction of sp³-hybridized carbons (Fsp3) is 0.435. The van der Waals surface area contributed by atoms with Gasteiger partial charge in [-0.25, -0.2) is 4.79 Å². The van der Waals surface area contributed by atoms with Gasteiger partial charge in [0.1, 0.15) is 18.1 Å². The predicted octanol–water partition coefficient (Wildman–Crippen LogP) is -1.76. The normalized spacial score (nSPS) is 15.2. The summed E-state index contributed by atoms with van der Waals surface area (Å²) in [5.41, 5.74) is 12.7. The first-order valence-electron chi connectivity index (χ1n) is 11.3. The van der Waals surface area contributed by atoms with Gasteiger partial charge in [-0.15, -0.1) is 0 Å². The van der Waals surface area contributed by atoms with Crippen molar-refractivity contribution in [3.8, 4) is 0 Å². The minimum Gasteiger partial charge on any atom is -0.480 e. The van der Waals surface area contributed by atoms with Gasteiger partial charge in [-0.1, -0.05) is 18.2 Å². The lowest BCUT2D eigenvalue weighted by atomic mass is 10.0. The van der Waals surface area contributed by atoms with E-state index in [0.717, 1.165) is 16.5 Å². The largest absolute Gasteiger partial charge is 0.480 e. The summed E-state index contributed by atoms with van der Waals surface area (Å²) in [7, 11) is 0. The Morgan fingerprint density at radius 2 is 1.67 bits per heavy atom. The first-order chi connectivity index (χ1) is 16.9. The Labute approximate surface area is 207 Å². The topological polar surface area (TPSA) is 230 Å². The number of aliphatic carboxylic acids is 1. The van der Waals surface area contributed by atoms with Gasteiger partial charge in [0.05, 0.1) is 12.1 Å². The molecule has 0 aliphatic rings. The maximum atomic E-state index is 12.7. The zero-order chi connectivity index (χ0) is 27.0. The van der Waals surface area contributed by atoms with Crippen LogP contribution in [0.4, 0.5) is 0 Å². The standard InChI is InChI=1S/C23H32N6O7/c1-11(20(32)28-17(23(35)36)7-8-18(25)31)27-22(34)19(12(2)30)29-21(33)15(24)9-13-10-26-16-6-4-3-5-14(13)16/h3-6,10-12,15,17,19,26,30H,7-9,24H2,1-2H3,(H2,25,31)(H,27,34)(H,28,32)(H,29,33)(H,35,36). The zero-order valence-electron chi connectivity index (χ0n) is 20.0. The number of hydrogen-bond acceptors (Lipinski definition) is 7. The molecule has 0 bridgehead atoms. The van der Waals surface area contributed by atoms with Crippen molar-refractivity contribution in [1.29, 1.82) is 0 Å². The van der Waals surface area contributed by atoms with Crippen molar-refractivity contribution in [2.45, 2.75) is 63.4 Å². The number of amides is 4. The summed E-state index contributed by atoms with van der Waals surface area (Å²) in [5.74, 6) is -4.50. The molecule has 36 heavy (non-hydrogen) atoms. The second kappa shape index (κ2) is 12.7. The molecule has 0 fully saturated rings. The smallest absolute Gasteiger partial charge is 0.326 e. The lowest BCUT2D eigenvalue weighted by Gasteiger charge is -2.25. The molecule has 0 radical (unpaired) electrons. The van der Waals surface area contributed by atoms with Gasteiger partial charge in [-0.05, 0) is 38.3 Å². The number of carboxylic acids is 1. The van der Waals surface area contributed by atoms with Crippen LogP contribution in [-0.2, 0) is 30.4 Å². The van der Waals surface area contributed by atoms with Crippen LogP contribution in [0, 0.1) is 0 Å². The molecule has 1 aromatic heterocycles. The number of primary amides is 1. The SMILES string of the molecule is CC(NC(=O)C(NC(=O)C(N)Cc1c[nH]c2ccccc12)C(C)O)C(=O)NC(CCC(N)=O)C(=O)O. The van der Waals surface area contributed by atoms with Crippen LogP contribution in [0.3, 0.4) is 0 Å². The van der Waals surface area contributed by atoms with E-state index in [2.05, 4.69) is 20.9 Å². The van der Waals surface area contributed by atoms with Gasteiger partial charge in [0.25, 0.3) is 0 Å². The van der Waals surface area contributed by atoms with Crippen LogP contribution in [0.25, 0.3) is 10.9 Å². The number of carbonyl (C=O) groups excluding carboxylic acids is 4. The Kier molecular flexibility index (Phi) is 9.93. The lowest BCUT2D eigenvalue weighted by Crippen LogP contribution is -2.59. The molecule has 1 aromatic carbocycles. The summed E-state index contributed by atoms with van der Waals surface area (Å²) in [6.45, 7) is 2.58. The van der Waals surface area contributed by atoms with Gasteiger partial charge in [0, 0.05) is 23.5 Å². The minimum atomic E-state index is -1.42. The molecular weight excluding hydrogens is 472 g/mol. The number of benzene rings is 1. The number of carbonyl (C=O) groups is 5. The van der Waals surface area contributed by atoms with Crippen molar-refractivity contribution in [2.24, 2.45) is 11.5 Å². The lowest BCUT2D eigenvalue weighted by molar-refractivity contribution is -0.142. The zero-order valence-corrected chi connectivity index (χ0v) is 20.0. The first kappa shape index (κ1) is 28.3. The molecule has 13 heteroatoms. The molecule has 5 unspecified atom stereocenters. The molecule has 2 rings (SSSR count). The van der Waals surface area contributed by atoms with Crippen molar-refractivity contribution in [3.05, 3.63) is 36.0 Å². The Hall–Kier alpha value is -3.97. The third-order valence-electron chi connectivity index (χ3n) is 5.56. The number of H-pyrrole nitrogens is 1. The number of aromatic amines is 1. The molecule has 13 nitrogen and oxygen atoms in total. The molecule has 0 spiro atoms. The van der Waals surface area contributed by atoms with Gasteiger partial charge in [0.15, 0.2) is 0 Å². The molecule has 196 valence electrons. The molecule has 4 amide bonds. The van der Waals surface area contributed by atoms with E-state index < -0.39 is 59.9 Å². The number of aromatic nitrogens is 1. The summed E-state index contributed by atoms with van der Waals surface area (Å²) in [6, 6.07) is 2.43. The third kappa shape index (κ3) is 7.78. The van der Waals surface area contributed by atoms with E-state index in [0.29, 0.717) is 0 Å². The first-order valence-corrected chi connectivity index (χ1v) is 11.3. The molecule has 0 saturated carbocycles. The van der Waals surface area contributed by atoms with Crippen molar-refractivity contribution in [1.82, 2.24) is 20.9 Å². The van der Waals surface area contributed by atoms with Crippen molar-refractivity contribution < 1.29 is 34.2 Å². The highest BCUT2D eigenvalue weighted by molar-refractivity contribution is 5.94. The van der Waals surface area contributed by atoms with Gasteiger partial charge < -0.3 is 42.6 Å². The third-order valence-corrected chi connectivity index (χ3v) is 5.56. The number of nitrogens with two attached hydrogens (primary N) is 2. The molecule has 0 aliphatic carbocycles. The van der Waals surface area contributed by atoms with Crippen LogP contribution in [0.2, 0.25) is 0 Å². The van der Waals surface area contributed by atoms with E-state index in [4.69, 9.17) is 11.5 Å². The number of carboxylic acid groups (broad SMARTS) is 1. The van der Waals surface area contributed by atoms with Crippen molar-refractivity contribution in [3.63, 3.8) is 0 Å². The van der Waals surface area contributed by atoms with Crippen LogP contribution < -0.4 is 27.4 Å². The Morgan fingerprint density at radius 1 is 1.00 bits per heavy atom. The fourth-order valence-corrected chi connectivity index (χ4v) is 3.51. The number of rotatable bonds is 13. The summed E-state index contributed by atoms with van der Waals surface area (Å²) >= 11 is 0. The molecular formula is C23H32N6O7. The molecule has 0 saturated heterocycles. The maximum absolute atomic E-state index is 12.7. The van der Waals surface area contributed by atoms with Crippen molar-refractivity contribution >= 4 is 40.5 Å². The highest BCUT2D eigenvalue weighted by atomic mass is 16.4. The van der Waals surface area contributed by atoms with Crippen molar-refractivity contribution in [2.75, 3.05) is 0 Å². The predicted molar refractivity (Wildman–Crippen MR) is 129 cm³/mol. The van der Waals surface area contributed by atoms with Crippen LogP contribution in [0.1, 0.15) is 32.3 Å². The molecule has 2 aromatic rings. The molecule has 10 N–H and O–H groups in total. The second-order valence-corrected chi connectivity index (χ2v) is 8.53. The summed E-state index contributed by atoms with van der Waals surface area (Å²) < 4.78 is 0. The Balaban J connectivity index is 1.97. The summed E-state index contributed by atoms with van der Waals surface area (Å²) in [4.78, 5) is 63.0. The number of aliphatic hydroxyl groups is 1. The summed E-state index contributed by atoms with van der Waals surface area (Å²) in [6.07, 6.45) is 0.104. The quantitative estimate of drug-likeness (QED) is 0.155. The van der Waals surface area contributed by atoms with Crippen LogP contribution in [0.15, 0.2) is 30.5 Å². The second-order valence-electron chi connectivity index (χ2n) is 8.53. The number of hydrogen-bond donors (Lipinski definition) is 8. The molecule has 0 aliphatic heterocycles. The summed E-state index contributed by atoms with van der Waals surface area (Å²) in [5, 5.41) is 27.1. The average molecular weight is 505 g/mol. The average Bonchev–Trinajstić information content (AvgIpc) is 3.21. The van der Waals surface area contributed by atoms with Gasteiger partial charge in [-0.3, -0.25) is 19.2 Å². The Bertz CT molecular complexity index is 1120. The Morgan fingerprint density at radius 3 is 2.28 bits per heavy atom. The fourth-order valence-electron chi connectivity index (χ4n) is 3.51. The number of fused-ring (bicyclic) bond motifs is 1. The number of nitrogens with one attached hydrogen (secondary N) is 4. The van der Waals surface area contributed by atoms with E-state index >= 15 is 0 Å². The molecule has 1 heterocycles. The van der Waals surface area contributed by atoms with E-state index in [1.807, 2.05) is 24.3 Å². The van der Waals surface area contributed by atoms with E-state index in [1.54, 1.807) is 6.20 Å². The van der Waals surface area contributed by atoms with Gasteiger partial charge >= 0.3 is 5.97 Å². The highest BCUT2D eigenvalue weighted by Gasteiger charge is 2.31. The van der Waals surface area contributed by atoms with E-state index in [9.17, 15) is 34.2 Å². The monoisotopic (exact) mass is 504 g/mol. The van der Waals surface area contributed by atoms with Crippen LogP contribution in [-0.4, -0.2) is 75.1 Å².